The number of fused-ring (bicyclic) bond motifs is 1. The summed E-state index contributed by atoms with van der Waals surface area (Å²) < 4.78 is 5.14. The minimum absolute atomic E-state index is 0.699. The Labute approximate surface area is 82.9 Å². The fourth-order valence-electron chi connectivity index (χ4n) is 1.62. The third-order valence-corrected chi connectivity index (χ3v) is 2.61. The monoisotopic (exact) mass is 197 g/mol. The van der Waals surface area contributed by atoms with Gasteiger partial charge in [-0.1, -0.05) is 11.6 Å². The lowest BCUT2D eigenvalue weighted by atomic mass is 10.0. The van der Waals surface area contributed by atoms with Crippen molar-refractivity contribution in [3.63, 3.8) is 0 Å². The summed E-state index contributed by atoms with van der Waals surface area (Å²) in [4.78, 5) is 0. The van der Waals surface area contributed by atoms with Gasteiger partial charge in [-0.3, -0.25) is 0 Å². The first kappa shape index (κ1) is 8.70. The van der Waals surface area contributed by atoms with Crippen molar-refractivity contribution >= 4 is 17.3 Å². The van der Waals surface area contributed by atoms with Gasteiger partial charge in [-0.05, 0) is 24.5 Å². The molecule has 0 spiro atoms. The summed E-state index contributed by atoms with van der Waals surface area (Å²) in [7, 11) is 1.64. The van der Waals surface area contributed by atoms with E-state index >= 15 is 0 Å². The number of rotatable bonds is 1. The Bertz CT molecular complexity index is 325. The van der Waals surface area contributed by atoms with Gasteiger partial charge in [0.15, 0.2) is 0 Å². The molecule has 1 N–H and O–H groups in total. The van der Waals surface area contributed by atoms with Gasteiger partial charge in [-0.2, -0.15) is 0 Å². The number of aryl methyl sites for hydroxylation is 1. The van der Waals surface area contributed by atoms with Crippen LogP contribution in [-0.2, 0) is 6.42 Å². The Morgan fingerprint density at radius 2 is 2.31 bits per heavy atom. The lowest BCUT2D eigenvalue weighted by Gasteiger charge is -2.19. The van der Waals surface area contributed by atoms with Crippen molar-refractivity contribution in [2.45, 2.75) is 12.8 Å². The molecule has 3 heteroatoms. The van der Waals surface area contributed by atoms with E-state index in [0.29, 0.717) is 5.02 Å². The number of anilines is 1. The summed E-state index contributed by atoms with van der Waals surface area (Å²) in [6.07, 6.45) is 2.28. The van der Waals surface area contributed by atoms with Crippen LogP contribution in [0.25, 0.3) is 0 Å². The Kier molecular flexibility index (Phi) is 2.32. The van der Waals surface area contributed by atoms with E-state index in [1.807, 2.05) is 12.1 Å². The lowest BCUT2D eigenvalue weighted by Crippen LogP contribution is -2.11. The molecule has 70 valence electrons. The van der Waals surface area contributed by atoms with Crippen LogP contribution in [0.3, 0.4) is 0 Å². The highest BCUT2D eigenvalue weighted by Gasteiger charge is 2.11. The van der Waals surface area contributed by atoms with Crippen molar-refractivity contribution in [2.75, 3.05) is 19.0 Å². The Morgan fingerprint density at radius 3 is 3.08 bits per heavy atom. The average molecular weight is 198 g/mol. The highest BCUT2D eigenvalue weighted by molar-refractivity contribution is 6.32. The van der Waals surface area contributed by atoms with Gasteiger partial charge in [-0.25, -0.2) is 0 Å². The molecule has 0 saturated heterocycles. The second-order valence-corrected chi connectivity index (χ2v) is 3.58. The molecule has 1 aliphatic heterocycles. The Hall–Kier alpha value is -0.890. The van der Waals surface area contributed by atoms with Crippen LogP contribution in [0.15, 0.2) is 12.1 Å². The van der Waals surface area contributed by atoms with E-state index < -0.39 is 0 Å². The molecule has 0 radical (unpaired) electrons. The van der Waals surface area contributed by atoms with Gasteiger partial charge in [0.1, 0.15) is 5.75 Å². The van der Waals surface area contributed by atoms with Crippen molar-refractivity contribution in [3.8, 4) is 5.75 Å². The maximum absolute atomic E-state index is 6.01. The molecule has 2 rings (SSSR count). The van der Waals surface area contributed by atoms with E-state index in [4.69, 9.17) is 16.3 Å². The molecule has 0 bridgehead atoms. The topological polar surface area (TPSA) is 21.3 Å². The minimum atomic E-state index is 0.699. The SMILES string of the molecule is COc1cc2c(cc1Cl)CCCN2. The number of methoxy groups -OCH3 is 1. The van der Waals surface area contributed by atoms with Crippen molar-refractivity contribution in [1.82, 2.24) is 0 Å². The van der Waals surface area contributed by atoms with Crippen molar-refractivity contribution < 1.29 is 4.74 Å². The molecule has 1 aromatic rings. The minimum Gasteiger partial charge on any atom is -0.495 e. The molecule has 1 heterocycles. The molecular weight excluding hydrogens is 186 g/mol. The van der Waals surface area contributed by atoms with Crippen molar-refractivity contribution in [3.05, 3.63) is 22.7 Å². The van der Waals surface area contributed by atoms with Gasteiger partial charge >= 0.3 is 0 Å². The fourth-order valence-corrected chi connectivity index (χ4v) is 1.89. The highest BCUT2D eigenvalue weighted by atomic mass is 35.5. The summed E-state index contributed by atoms with van der Waals surface area (Å²) in [6, 6.07) is 3.96. The molecule has 0 saturated carbocycles. The van der Waals surface area contributed by atoms with E-state index in [0.717, 1.165) is 24.4 Å². The molecule has 1 aliphatic rings. The smallest absolute Gasteiger partial charge is 0.139 e. The third-order valence-electron chi connectivity index (χ3n) is 2.32. The van der Waals surface area contributed by atoms with Crippen LogP contribution < -0.4 is 10.1 Å². The zero-order valence-electron chi connectivity index (χ0n) is 7.56. The number of hydrogen-bond acceptors (Lipinski definition) is 2. The van der Waals surface area contributed by atoms with E-state index in [1.165, 1.54) is 12.0 Å². The van der Waals surface area contributed by atoms with E-state index in [9.17, 15) is 0 Å². The fraction of sp³-hybridized carbons (Fsp3) is 0.400. The number of benzene rings is 1. The second-order valence-electron chi connectivity index (χ2n) is 3.17. The average Bonchev–Trinajstić information content (AvgIpc) is 2.17. The predicted octanol–water partition coefficient (Wildman–Crippen LogP) is 2.71. The van der Waals surface area contributed by atoms with Crippen LogP contribution in [0.2, 0.25) is 5.02 Å². The molecule has 0 aliphatic carbocycles. The number of nitrogens with one attached hydrogen (secondary N) is 1. The maximum Gasteiger partial charge on any atom is 0.139 e. The second kappa shape index (κ2) is 3.46. The molecule has 1 aromatic carbocycles. The standard InChI is InChI=1S/C10H12ClNO/c1-13-10-6-9-7(5-8(10)11)3-2-4-12-9/h5-6,12H,2-4H2,1H3. The third kappa shape index (κ3) is 1.59. The zero-order chi connectivity index (χ0) is 9.26. The van der Waals surface area contributed by atoms with E-state index in [2.05, 4.69) is 5.32 Å². The maximum atomic E-state index is 6.01. The van der Waals surface area contributed by atoms with Crippen LogP contribution in [0, 0.1) is 0 Å². The lowest BCUT2D eigenvalue weighted by molar-refractivity contribution is 0.415. The predicted molar refractivity (Wildman–Crippen MR) is 54.8 cm³/mol. The number of ether oxygens (including phenoxy) is 1. The van der Waals surface area contributed by atoms with Gasteiger partial charge in [0, 0.05) is 18.3 Å². The van der Waals surface area contributed by atoms with Crippen LogP contribution in [-0.4, -0.2) is 13.7 Å². The quantitative estimate of drug-likeness (QED) is 0.748. The normalized spacial score (nSPS) is 14.6. The van der Waals surface area contributed by atoms with Crippen LogP contribution >= 0.6 is 11.6 Å². The van der Waals surface area contributed by atoms with E-state index in [-0.39, 0.29) is 0 Å². The molecule has 0 unspecified atom stereocenters. The summed E-state index contributed by atoms with van der Waals surface area (Å²) in [5.74, 6) is 0.745. The van der Waals surface area contributed by atoms with Crippen molar-refractivity contribution in [2.24, 2.45) is 0 Å². The molecular formula is C10H12ClNO. The van der Waals surface area contributed by atoms with Gasteiger partial charge in [-0.15, -0.1) is 0 Å². The summed E-state index contributed by atoms with van der Waals surface area (Å²) >= 11 is 6.01. The molecule has 0 atom stereocenters. The Balaban J connectivity index is 2.44. The van der Waals surface area contributed by atoms with Gasteiger partial charge < -0.3 is 10.1 Å². The first-order chi connectivity index (χ1) is 6.31. The summed E-state index contributed by atoms with van der Waals surface area (Å²) in [5, 5.41) is 4.02. The van der Waals surface area contributed by atoms with Crippen molar-refractivity contribution in [1.29, 1.82) is 0 Å². The first-order valence-electron chi connectivity index (χ1n) is 4.41. The summed E-state index contributed by atoms with van der Waals surface area (Å²) in [5.41, 5.74) is 2.45. The van der Waals surface area contributed by atoms with Gasteiger partial charge in [0.05, 0.1) is 12.1 Å². The highest BCUT2D eigenvalue weighted by Crippen LogP contribution is 2.33. The van der Waals surface area contributed by atoms with E-state index in [1.54, 1.807) is 7.11 Å². The summed E-state index contributed by atoms with van der Waals surface area (Å²) in [6.45, 7) is 1.04. The van der Waals surface area contributed by atoms with Crippen LogP contribution in [0.4, 0.5) is 5.69 Å². The largest absolute Gasteiger partial charge is 0.495 e. The Morgan fingerprint density at radius 1 is 1.46 bits per heavy atom. The van der Waals surface area contributed by atoms with Crippen LogP contribution in [0.5, 0.6) is 5.75 Å². The van der Waals surface area contributed by atoms with Crippen LogP contribution in [0.1, 0.15) is 12.0 Å². The first-order valence-corrected chi connectivity index (χ1v) is 4.79. The zero-order valence-corrected chi connectivity index (χ0v) is 8.32. The number of halogens is 1. The number of hydrogen-bond donors (Lipinski definition) is 1. The van der Waals surface area contributed by atoms with Gasteiger partial charge in [0.25, 0.3) is 0 Å². The molecule has 0 aromatic heterocycles. The molecule has 0 amide bonds. The van der Waals surface area contributed by atoms with Gasteiger partial charge in [0.2, 0.25) is 0 Å². The molecule has 0 fully saturated rings. The molecule has 13 heavy (non-hydrogen) atoms. The molecule has 2 nitrogen and oxygen atoms in total.